The number of benzene rings is 3. The number of carbonyl (C=O) groups is 2. The Morgan fingerprint density at radius 3 is 2.14 bits per heavy atom. The average molecular weight is 502 g/mol. The Morgan fingerprint density at radius 1 is 0.944 bits per heavy atom. The highest BCUT2D eigenvalue weighted by molar-refractivity contribution is 6.05. The maximum atomic E-state index is 14.9. The summed E-state index contributed by atoms with van der Waals surface area (Å²) in [6.45, 7) is 0. The van der Waals surface area contributed by atoms with Crippen LogP contribution < -0.4 is 14.8 Å². The summed E-state index contributed by atoms with van der Waals surface area (Å²) in [6, 6.07) is 11.6. The molecule has 3 aromatic carbocycles. The van der Waals surface area contributed by atoms with Gasteiger partial charge in [-0.3, -0.25) is 9.59 Å². The van der Waals surface area contributed by atoms with E-state index >= 15 is 0 Å². The molecule has 0 unspecified atom stereocenters. The summed E-state index contributed by atoms with van der Waals surface area (Å²) in [5.74, 6) is -2.31. The predicted octanol–water partition coefficient (Wildman–Crippen LogP) is 5.41. The first-order chi connectivity index (χ1) is 17.1. The van der Waals surface area contributed by atoms with E-state index in [1.54, 1.807) is 6.07 Å². The molecule has 4 rings (SSSR count). The second-order valence-corrected chi connectivity index (χ2v) is 8.22. The van der Waals surface area contributed by atoms with E-state index in [1.807, 2.05) is 0 Å². The predicted molar refractivity (Wildman–Crippen MR) is 124 cm³/mol. The zero-order valence-corrected chi connectivity index (χ0v) is 19.5. The van der Waals surface area contributed by atoms with E-state index in [4.69, 9.17) is 9.47 Å². The van der Waals surface area contributed by atoms with E-state index in [1.165, 1.54) is 56.5 Å². The van der Waals surface area contributed by atoms with Gasteiger partial charge in [-0.1, -0.05) is 18.2 Å². The van der Waals surface area contributed by atoms with Crippen molar-refractivity contribution >= 4 is 17.5 Å². The molecule has 0 aliphatic carbocycles. The number of likely N-dealkylation sites (N-methyl/N-ethyl adjacent to an activating group) is 1. The molecule has 1 N–H and O–H groups in total. The number of hydrogen-bond acceptors (Lipinski definition) is 4. The molecule has 2 amide bonds. The molecule has 0 radical (unpaired) electrons. The fraction of sp³-hybridized carbons (Fsp3) is 0.231. The molecule has 10 heteroatoms. The summed E-state index contributed by atoms with van der Waals surface area (Å²) >= 11 is 0. The Balaban J connectivity index is 1.84. The molecular formula is C26H22F4N2O4. The maximum Gasteiger partial charge on any atom is 0.416 e. The van der Waals surface area contributed by atoms with Crippen LogP contribution in [0.4, 0.5) is 23.2 Å². The van der Waals surface area contributed by atoms with Crippen molar-refractivity contribution in [1.29, 1.82) is 0 Å². The quantitative estimate of drug-likeness (QED) is 0.474. The van der Waals surface area contributed by atoms with Crippen LogP contribution in [0.1, 0.15) is 39.0 Å². The number of alkyl halides is 3. The van der Waals surface area contributed by atoms with Crippen LogP contribution in [-0.2, 0) is 11.0 Å². The smallest absolute Gasteiger partial charge is 0.416 e. The number of amides is 2. The fourth-order valence-corrected chi connectivity index (χ4v) is 4.40. The van der Waals surface area contributed by atoms with Crippen molar-refractivity contribution in [2.45, 2.75) is 18.1 Å². The molecule has 0 aromatic heterocycles. The first-order valence-electron chi connectivity index (χ1n) is 10.8. The zero-order valence-electron chi connectivity index (χ0n) is 19.5. The summed E-state index contributed by atoms with van der Waals surface area (Å²) in [6.07, 6.45) is -4.53. The van der Waals surface area contributed by atoms with Crippen molar-refractivity contribution in [3.05, 3.63) is 88.7 Å². The number of nitrogens with one attached hydrogen (secondary N) is 1. The first kappa shape index (κ1) is 25.0. The largest absolute Gasteiger partial charge is 0.493 e. The van der Waals surface area contributed by atoms with E-state index in [9.17, 15) is 27.2 Å². The van der Waals surface area contributed by atoms with Crippen LogP contribution >= 0.6 is 0 Å². The minimum atomic E-state index is -4.53. The summed E-state index contributed by atoms with van der Waals surface area (Å²) in [7, 11) is 4.25. The van der Waals surface area contributed by atoms with E-state index < -0.39 is 41.3 Å². The zero-order chi connectivity index (χ0) is 26.2. The molecule has 1 heterocycles. The molecule has 188 valence electrons. The standard InChI is InChI=1S/C26H22F4N2O4/c1-32-23(16-6-4-5-7-19(16)27)22(17-12-20(35-2)21(36-3)13-18(17)25(32)34)24(33)31-15-10-8-14(9-11-15)26(28,29)30/h4-13,22-23H,1-3H3,(H,31,33)/t22-,23+/m1/s1. The second-order valence-electron chi connectivity index (χ2n) is 8.22. The van der Waals surface area contributed by atoms with Crippen LogP contribution in [0, 0.1) is 5.82 Å². The third-order valence-electron chi connectivity index (χ3n) is 6.16. The molecule has 3 aromatic rings. The van der Waals surface area contributed by atoms with Gasteiger partial charge < -0.3 is 19.7 Å². The van der Waals surface area contributed by atoms with Crippen molar-refractivity contribution in [3.8, 4) is 11.5 Å². The van der Waals surface area contributed by atoms with Gasteiger partial charge in [-0.25, -0.2) is 4.39 Å². The van der Waals surface area contributed by atoms with Crippen molar-refractivity contribution in [2.75, 3.05) is 26.6 Å². The third kappa shape index (κ3) is 4.46. The summed E-state index contributed by atoms with van der Waals surface area (Å²) in [5.41, 5.74) is -0.207. The highest BCUT2D eigenvalue weighted by Crippen LogP contribution is 2.46. The third-order valence-corrected chi connectivity index (χ3v) is 6.16. The highest BCUT2D eigenvalue weighted by Gasteiger charge is 2.44. The number of nitrogens with zero attached hydrogens (tertiary/aromatic N) is 1. The van der Waals surface area contributed by atoms with Gasteiger partial charge in [-0.15, -0.1) is 0 Å². The van der Waals surface area contributed by atoms with Crippen LogP contribution in [0.15, 0.2) is 60.7 Å². The van der Waals surface area contributed by atoms with Crippen LogP contribution in [-0.4, -0.2) is 38.0 Å². The number of rotatable bonds is 5. The molecule has 0 saturated heterocycles. The Morgan fingerprint density at radius 2 is 1.56 bits per heavy atom. The Hall–Kier alpha value is -4.08. The lowest BCUT2D eigenvalue weighted by Gasteiger charge is -2.40. The minimum absolute atomic E-state index is 0.112. The number of methoxy groups -OCH3 is 2. The lowest BCUT2D eigenvalue weighted by Crippen LogP contribution is -2.44. The maximum absolute atomic E-state index is 14.9. The van der Waals surface area contributed by atoms with Crippen molar-refractivity contribution in [3.63, 3.8) is 0 Å². The van der Waals surface area contributed by atoms with Gasteiger partial charge in [0.05, 0.1) is 31.7 Å². The number of anilines is 1. The molecule has 1 aliphatic rings. The lowest BCUT2D eigenvalue weighted by atomic mass is 9.79. The molecule has 0 bridgehead atoms. The van der Waals surface area contributed by atoms with Gasteiger partial charge in [0, 0.05) is 23.9 Å². The topological polar surface area (TPSA) is 67.9 Å². The van der Waals surface area contributed by atoms with E-state index in [2.05, 4.69) is 5.32 Å². The fourth-order valence-electron chi connectivity index (χ4n) is 4.40. The monoisotopic (exact) mass is 502 g/mol. The van der Waals surface area contributed by atoms with Crippen LogP contribution in [0.3, 0.4) is 0 Å². The molecular weight excluding hydrogens is 480 g/mol. The summed E-state index contributed by atoms with van der Waals surface area (Å²) in [5, 5.41) is 2.61. The molecule has 2 atom stereocenters. The number of carbonyl (C=O) groups excluding carboxylic acids is 2. The Kier molecular flexibility index (Phi) is 6.62. The van der Waals surface area contributed by atoms with Gasteiger partial charge in [0.2, 0.25) is 5.91 Å². The van der Waals surface area contributed by atoms with Crippen LogP contribution in [0.25, 0.3) is 0 Å². The van der Waals surface area contributed by atoms with Crippen molar-refractivity contribution in [2.24, 2.45) is 0 Å². The minimum Gasteiger partial charge on any atom is -0.493 e. The molecule has 0 spiro atoms. The van der Waals surface area contributed by atoms with Crippen LogP contribution in [0.2, 0.25) is 0 Å². The summed E-state index contributed by atoms with van der Waals surface area (Å²) in [4.78, 5) is 28.2. The van der Waals surface area contributed by atoms with E-state index in [0.717, 1.165) is 24.3 Å². The molecule has 0 fully saturated rings. The van der Waals surface area contributed by atoms with Gasteiger partial charge in [0.25, 0.3) is 5.91 Å². The molecule has 1 aliphatic heterocycles. The van der Waals surface area contributed by atoms with Gasteiger partial charge in [-0.2, -0.15) is 13.2 Å². The highest BCUT2D eigenvalue weighted by atomic mass is 19.4. The molecule has 0 saturated carbocycles. The van der Waals surface area contributed by atoms with Gasteiger partial charge in [0.1, 0.15) is 5.82 Å². The van der Waals surface area contributed by atoms with Gasteiger partial charge in [0.15, 0.2) is 11.5 Å². The SMILES string of the molecule is COc1cc2c(cc1OC)[C@@H](C(=O)Nc1ccc(C(F)(F)F)cc1)[C@H](c1ccccc1F)N(C)C2=O. The Labute approximate surface area is 204 Å². The van der Waals surface area contributed by atoms with E-state index in [-0.39, 0.29) is 33.9 Å². The number of hydrogen-bond donors (Lipinski definition) is 1. The van der Waals surface area contributed by atoms with Gasteiger partial charge >= 0.3 is 6.18 Å². The number of ether oxygens (including phenoxy) is 2. The Bertz CT molecular complexity index is 1310. The van der Waals surface area contributed by atoms with Crippen LogP contribution in [0.5, 0.6) is 11.5 Å². The normalized spacial score (nSPS) is 17.4. The average Bonchev–Trinajstić information content (AvgIpc) is 2.85. The second kappa shape index (κ2) is 9.52. The van der Waals surface area contributed by atoms with Crippen molar-refractivity contribution < 1.29 is 36.6 Å². The van der Waals surface area contributed by atoms with E-state index in [0.29, 0.717) is 0 Å². The number of halogens is 4. The molecule has 6 nitrogen and oxygen atoms in total. The van der Waals surface area contributed by atoms with Gasteiger partial charge in [-0.05, 0) is 48.0 Å². The lowest BCUT2D eigenvalue weighted by molar-refractivity contribution is -0.137. The van der Waals surface area contributed by atoms with Crippen molar-refractivity contribution in [1.82, 2.24) is 4.90 Å². The molecule has 36 heavy (non-hydrogen) atoms. The number of fused-ring (bicyclic) bond motifs is 1. The summed E-state index contributed by atoms with van der Waals surface area (Å²) < 4.78 is 64.4. The first-order valence-corrected chi connectivity index (χ1v) is 10.8.